The summed E-state index contributed by atoms with van der Waals surface area (Å²) in [5, 5.41) is 3.27. The van der Waals surface area contributed by atoms with Gasteiger partial charge in [0.1, 0.15) is 0 Å². The number of rotatable bonds is 3. The highest BCUT2D eigenvalue weighted by molar-refractivity contribution is 5.70. The zero-order valence-corrected chi connectivity index (χ0v) is 12.5. The van der Waals surface area contributed by atoms with Crippen molar-refractivity contribution in [1.82, 2.24) is 5.32 Å². The van der Waals surface area contributed by atoms with Crippen LogP contribution in [0.4, 0.5) is 5.69 Å². The standard InChI is InChI=1S/C18H22N2/c1-13(19-2)14-4-6-15(7-5-14)16-8-9-18-17(12-16)10-11-20(18)3/h4-9,12-13,19H,10-11H2,1-3H3. The first-order valence-corrected chi connectivity index (χ1v) is 7.30. The van der Waals surface area contributed by atoms with E-state index in [1.165, 1.54) is 27.9 Å². The van der Waals surface area contributed by atoms with Crippen molar-refractivity contribution >= 4 is 5.69 Å². The van der Waals surface area contributed by atoms with E-state index in [2.05, 4.69) is 66.7 Å². The molecule has 0 saturated carbocycles. The first-order chi connectivity index (χ1) is 9.69. The third kappa shape index (κ3) is 2.32. The predicted octanol–water partition coefficient (Wildman–Crippen LogP) is 3.63. The average Bonchev–Trinajstić information content (AvgIpc) is 2.87. The molecule has 0 amide bonds. The van der Waals surface area contributed by atoms with E-state index in [9.17, 15) is 0 Å². The lowest BCUT2D eigenvalue weighted by Gasteiger charge is -2.13. The minimum Gasteiger partial charge on any atom is -0.374 e. The number of hydrogen-bond acceptors (Lipinski definition) is 2. The van der Waals surface area contributed by atoms with Crippen LogP contribution in [-0.2, 0) is 6.42 Å². The Balaban J connectivity index is 1.90. The van der Waals surface area contributed by atoms with Gasteiger partial charge in [-0.2, -0.15) is 0 Å². The summed E-state index contributed by atoms with van der Waals surface area (Å²) in [6, 6.07) is 16.1. The molecule has 1 unspecified atom stereocenters. The molecule has 0 spiro atoms. The van der Waals surface area contributed by atoms with Crippen LogP contribution in [0.2, 0.25) is 0 Å². The van der Waals surface area contributed by atoms with Crippen LogP contribution in [0.1, 0.15) is 24.1 Å². The number of fused-ring (bicyclic) bond motifs is 1. The number of hydrogen-bond donors (Lipinski definition) is 1. The van der Waals surface area contributed by atoms with Gasteiger partial charge in [-0.15, -0.1) is 0 Å². The highest BCUT2D eigenvalue weighted by Gasteiger charge is 2.15. The molecule has 2 aromatic rings. The largest absolute Gasteiger partial charge is 0.374 e. The second-order valence-corrected chi connectivity index (χ2v) is 5.65. The van der Waals surface area contributed by atoms with E-state index in [1.54, 1.807) is 0 Å². The van der Waals surface area contributed by atoms with Gasteiger partial charge in [0.25, 0.3) is 0 Å². The molecule has 0 fully saturated rings. The average molecular weight is 266 g/mol. The SMILES string of the molecule is CNC(C)c1ccc(-c2ccc3c(c2)CCN3C)cc1. The third-order valence-corrected chi connectivity index (χ3v) is 4.38. The van der Waals surface area contributed by atoms with Crippen molar-refractivity contribution in [3.05, 3.63) is 53.6 Å². The van der Waals surface area contributed by atoms with Gasteiger partial charge in [0.2, 0.25) is 0 Å². The number of nitrogens with zero attached hydrogens (tertiary/aromatic N) is 1. The molecule has 1 heterocycles. The maximum atomic E-state index is 3.27. The quantitative estimate of drug-likeness (QED) is 0.912. The summed E-state index contributed by atoms with van der Waals surface area (Å²) >= 11 is 0. The summed E-state index contributed by atoms with van der Waals surface area (Å²) in [5.74, 6) is 0. The van der Waals surface area contributed by atoms with Gasteiger partial charge in [-0.1, -0.05) is 30.3 Å². The lowest BCUT2D eigenvalue weighted by atomic mass is 9.99. The van der Waals surface area contributed by atoms with Crippen LogP contribution in [0.5, 0.6) is 0 Å². The van der Waals surface area contributed by atoms with Crippen molar-refractivity contribution in [2.24, 2.45) is 0 Å². The maximum absolute atomic E-state index is 3.27. The highest BCUT2D eigenvalue weighted by atomic mass is 15.1. The normalized spacial score (nSPS) is 15.2. The summed E-state index contributed by atoms with van der Waals surface area (Å²) in [4.78, 5) is 2.33. The van der Waals surface area contributed by atoms with Crippen LogP contribution < -0.4 is 10.2 Å². The summed E-state index contributed by atoms with van der Waals surface area (Å²) in [7, 11) is 4.16. The molecule has 1 aliphatic heterocycles. The Morgan fingerprint density at radius 2 is 1.75 bits per heavy atom. The Kier molecular flexibility index (Phi) is 3.49. The Hall–Kier alpha value is -1.80. The molecule has 0 aromatic heterocycles. The highest BCUT2D eigenvalue weighted by Crippen LogP contribution is 2.31. The van der Waals surface area contributed by atoms with Crippen LogP contribution in [0, 0.1) is 0 Å². The van der Waals surface area contributed by atoms with Crippen molar-refractivity contribution in [3.63, 3.8) is 0 Å². The zero-order chi connectivity index (χ0) is 14.1. The Morgan fingerprint density at radius 3 is 2.45 bits per heavy atom. The molecule has 2 heteroatoms. The molecule has 1 atom stereocenters. The number of nitrogens with one attached hydrogen (secondary N) is 1. The first kappa shape index (κ1) is 13.2. The monoisotopic (exact) mass is 266 g/mol. The van der Waals surface area contributed by atoms with E-state index in [-0.39, 0.29) is 0 Å². The second-order valence-electron chi connectivity index (χ2n) is 5.65. The molecular weight excluding hydrogens is 244 g/mol. The fourth-order valence-electron chi connectivity index (χ4n) is 2.88. The van der Waals surface area contributed by atoms with E-state index in [0.717, 1.165) is 13.0 Å². The van der Waals surface area contributed by atoms with Crippen molar-refractivity contribution in [1.29, 1.82) is 0 Å². The predicted molar refractivity (Wildman–Crippen MR) is 86.3 cm³/mol. The minimum atomic E-state index is 0.401. The third-order valence-electron chi connectivity index (χ3n) is 4.38. The fourth-order valence-corrected chi connectivity index (χ4v) is 2.88. The van der Waals surface area contributed by atoms with Crippen molar-refractivity contribution < 1.29 is 0 Å². The number of benzene rings is 2. The Morgan fingerprint density at radius 1 is 1.05 bits per heavy atom. The van der Waals surface area contributed by atoms with E-state index >= 15 is 0 Å². The zero-order valence-electron chi connectivity index (χ0n) is 12.5. The van der Waals surface area contributed by atoms with Crippen LogP contribution in [0.3, 0.4) is 0 Å². The lowest BCUT2D eigenvalue weighted by molar-refractivity contribution is 0.652. The molecule has 0 radical (unpaired) electrons. The maximum Gasteiger partial charge on any atom is 0.0397 e. The van der Waals surface area contributed by atoms with Crippen LogP contribution in [0.15, 0.2) is 42.5 Å². The number of likely N-dealkylation sites (N-methyl/N-ethyl adjacent to an activating group) is 1. The molecule has 1 aliphatic rings. The molecule has 20 heavy (non-hydrogen) atoms. The summed E-state index contributed by atoms with van der Waals surface area (Å²) in [5.41, 5.74) is 6.81. The van der Waals surface area contributed by atoms with E-state index in [1.807, 2.05) is 7.05 Å². The van der Waals surface area contributed by atoms with Gasteiger partial charge in [-0.25, -0.2) is 0 Å². The smallest absolute Gasteiger partial charge is 0.0397 e. The Bertz CT molecular complexity index is 601. The summed E-state index contributed by atoms with van der Waals surface area (Å²) < 4.78 is 0. The lowest BCUT2D eigenvalue weighted by Crippen LogP contribution is -2.12. The van der Waals surface area contributed by atoms with Gasteiger partial charge >= 0.3 is 0 Å². The molecular formula is C18H22N2. The minimum absolute atomic E-state index is 0.401. The summed E-state index contributed by atoms with van der Waals surface area (Å²) in [6.45, 7) is 3.32. The molecule has 0 bridgehead atoms. The van der Waals surface area contributed by atoms with Crippen molar-refractivity contribution in [3.8, 4) is 11.1 Å². The molecule has 2 nitrogen and oxygen atoms in total. The molecule has 104 valence electrons. The molecule has 2 aromatic carbocycles. The van der Waals surface area contributed by atoms with Gasteiger partial charge in [-0.3, -0.25) is 0 Å². The van der Waals surface area contributed by atoms with Crippen LogP contribution in [-0.4, -0.2) is 20.6 Å². The van der Waals surface area contributed by atoms with Gasteiger partial charge < -0.3 is 10.2 Å². The fraction of sp³-hybridized carbons (Fsp3) is 0.333. The summed E-state index contributed by atoms with van der Waals surface area (Å²) in [6.07, 6.45) is 1.16. The van der Waals surface area contributed by atoms with E-state index < -0.39 is 0 Å². The first-order valence-electron chi connectivity index (χ1n) is 7.30. The molecule has 1 N–H and O–H groups in total. The van der Waals surface area contributed by atoms with Crippen LogP contribution >= 0.6 is 0 Å². The molecule has 0 saturated heterocycles. The molecule has 0 aliphatic carbocycles. The van der Waals surface area contributed by atoms with Gasteiger partial charge in [0.05, 0.1) is 0 Å². The van der Waals surface area contributed by atoms with Crippen molar-refractivity contribution in [2.75, 3.05) is 25.5 Å². The topological polar surface area (TPSA) is 15.3 Å². The van der Waals surface area contributed by atoms with Crippen molar-refractivity contribution in [2.45, 2.75) is 19.4 Å². The van der Waals surface area contributed by atoms with E-state index in [4.69, 9.17) is 0 Å². The second kappa shape index (κ2) is 5.29. The van der Waals surface area contributed by atoms with Gasteiger partial charge in [0.15, 0.2) is 0 Å². The van der Waals surface area contributed by atoms with Crippen LogP contribution in [0.25, 0.3) is 11.1 Å². The Labute approximate surface area is 121 Å². The van der Waals surface area contributed by atoms with Gasteiger partial charge in [-0.05, 0) is 54.8 Å². The van der Waals surface area contributed by atoms with Gasteiger partial charge in [0, 0.05) is 25.3 Å². The number of anilines is 1. The molecule has 3 rings (SSSR count). The van der Waals surface area contributed by atoms with E-state index in [0.29, 0.717) is 6.04 Å².